The first-order chi connectivity index (χ1) is 7.87. The van der Waals surface area contributed by atoms with Crippen LogP contribution in [0.5, 0.6) is 0 Å². The molecule has 0 radical (unpaired) electrons. The van der Waals surface area contributed by atoms with E-state index in [9.17, 15) is 13.9 Å². The molecule has 0 aliphatic rings. The molecule has 1 rings (SSSR count). The second-order valence-electron chi connectivity index (χ2n) is 4.52. The number of nitrogens with one attached hydrogen (secondary N) is 1. The van der Waals surface area contributed by atoms with E-state index in [1.807, 2.05) is 6.92 Å². The van der Waals surface area contributed by atoms with Gasteiger partial charge in [-0.15, -0.1) is 0 Å². The van der Waals surface area contributed by atoms with Gasteiger partial charge < -0.3 is 10.4 Å². The van der Waals surface area contributed by atoms with Crippen molar-refractivity contribution in [1.82, 2.24) is 5.32 Å². The summed E-state index contributed by atoms with van der Waals surface area (Å²) in [7, 11) is 0. The van der Waals surface area contributed by atoms with Crippen LogP contribution >= 0.6 is 0 Å². The molecule has 0 aliphatic carbocycles. The average molecular weight is 243 g/mol. The number of hydrogen-bond acceptors (Lipinski definition) is 2. The molecule has 0 spiro atoms. The number of benzene rings is 1. The van der Waals surface area contributed by atoms with Gasteiger partial charge in [-0.1, -0.05) is 37.3 Å². The first-order valence-corrected chi connectivity index (χ1v) is 5.74. The molecule has 0 aromatic heterocycles. The van der Waals surface area contributed by atoms with Gasteiger partial charge in [-0.05, 0) is 13.3 Å². The van der Waals surface area contributed by atoms with Gasteiger partial charge in [0.1, 0.15) is 0 Å². The minimum Gasteiger partial charge on any atom is -0.389 e. The SMILES string of the molecule is CCC(C)(O)CNCC(F)(F)c1ccccc1. The van der Waals surface area contributed by atoms with Crippen molar-refractivity contribution >= 4 is 0 Å². The van der Waals surface area contributed by atoms with Gasteiger partial charge in [0.2, 0.25) is 0 Å². The standard InChI is InChI=1S/C13H19F2NO/c1-3-12(2,17)9-16-10-13(14,15)11-7-5-4-6-8-11/h4-8,16-17H,3,9-10H2,1-2H3. The molecule has 0 saturated heterocycles. The Balaban J connectivity index is 2.51. The van der Waals surface area contributed by atoms with Crippen molar-refractivity contribution in [3.8, 4) is 0 Å². The lowest BCUT2D eigenvalue weighted by molar-refractivity contribution is -0.0124. The van der Waals surface area contributed by atoms with Gasteiger partial charge in [0, 0.05) is 12.1 Å². The van der Waals surface area contributed by atoms with E-state index in [4.69, 9.17) is 0 Å². The molecule has 0 saturated carbocycles. The van der Waals surface area contributed by atoms with Crippen LogP contribution in [0.15, 0.2) is 30.3 Å². The summed E-state index contributed by atoms with van der Waals surface area (Å²) in [6.45, 7) is 3.14. The predicted molar refractivity (Wildman–Crippen MR) is 64.1 cm³/mol. The Labute approximate surface area is 101 Å². The van der Waals surface area contributed by atoms with E-state index in [0.717, 1.165) is 0 Å². The Morgan fingerprint density at radius 1 is 1.18 bits per heavy atom. The van der Waals surface area contributed by atoms with Crippen LogP contribution in [0.1, 0.15) is 25.8 Å². The van der Waals surface area contributed by atoms with Crippen molar-refractivity contribution in [2.45, 2.75) is 31.8 Å². The highest BCUT2D eigenvalue weighted by Gasteiger charge is 2.31. The first-order valence-electron chi connectivity index (χ1n) is 5.74. The zero-order valence-electron chi connectivity index (χ0n) is 10.2. The second-order valence-corrected chi connectivity index (χ2v) is 4.52. The van der Waals surface area contributed by atoms with Crippen LogP contribution in [-0.4, -0.2) is 23.8 Å². The topological polar surface area (TPSA) is 32.3 Å². The van der Waals surface area contributed by atoms with Gasteiger partial charge >= 0.3 is 0 Å². The van der Waals surface area contributed by atoms with E-state index >= 15 is 0 Å². The highest BCUT2D eigenvalue weighted by Crippen LogP contribution is 2.26. The molecule has 1 atom stereocenters. The van der Waals surface area contributed by atoms with Crippen molar-refractivity contribution in [3.05, 3.63) is 35.9 Å². The van der Waals surface area contributed by atoms with E-state index in [1.165, 1.54) is 12.1 Å². The monoisotopic (exact) mass is 243 g/mol. The minimum absolute atomic E-state index is 0.0105. The fourth-order valence-corrected chi connectivity index (χ4v) is 1.40. The fourth-order valence-electron chi connectivity index (χ4n) is 1.40. The molecule has 2 nitrogen and oxygen atoms in total. The van der Waals surface area contributed by atoms with Crippen LogP contribution in [0.2, 0.25) is 0 Å². The Morgan fingerprint density at radius 3 is 2.29 bits per heavy atom. The van der Waals surface area contributed by atoms with Gasteiger partial charge in [0.05, 0.1) is 12.1 Å². The van der Waals surface area contributed by atoms with E-state index in [1.54, 1.807) is 25.1 Å². The second kappa shape index (κ2) is 5.56. The lowest BCUT2D eigenvalue weighted by atomic mass is 10.0. The van der Waals surface area contributed by atoms with Crippen molar-refractivity contribution in [2.24, 2.45) is 0 Å². The number of halogens is 2. The molecule has 17 heavy (non-hydrogen) atoms. The van der Waals surface area contributed by atoms with Crippen LogP contribution in [0.4, 0.5) is 8.78 Å². The van der Waals surface area contributed by atoms with Gasteiger partial charge in [-0.2, -0.15) is 8.78 Å². The van der Waals surface area contributed by atoms with E-state index in [-0.39, 0.29) is 12.1 Å². The third kappa shape index (κ3) is 4.40. The Morgan fingerprint density at radius 2 is 1.76 bits per heavy atom. The van der Waals surface area contributed by atoms with E-state index in [0.29, 0.717) is 6.42 Å². The van der Waals surface area contributed by atoms with Crippen molar-refractivity contribution in [2.75, 3.05) is 13.1 Å². The zero-order valence-corrected chi connectivity index (χ0v) is 10.2. The fraction of sp³-hybridized carbons (Fsp3) is 0.538. The Kier molecular flexibility index (Phi) is 4.60. The van der Waals surface area contributed by atoms with Crippen molar-refractivity contribution in [1.29, 1.82) is 0 Å². The summed E-state index contributed by atoms with van der Waals surface area (Å²) in [6, 6.07) is 7.69. The Bertz CT molecular complexity index is 339. The van der Waals surface area contributed by atoms with Gasteiger partial charge in [0.25, 0.3) is 5.92 Å². The van der Waals surface area contributed by atoms with Crippen molar-refractivity contribution in [3.63, 3.8) is 0 Å². The quantitative estimate of drug-likeness (QED) is 0.804. The summed E-state index contributed by atoms with van der Waals surface area (Å²) in [5, 5.41) is 12.3. The highest BCUT2D eigenvalue weighted by molar-refractivity contribution is 5.20. The van der Waals surface area contributed by atoms with Gasteiger partial charge in [0.15, 0.2) is 0 Å². The summed E-state index contributed by atoms with van der Waals surface area (Å²) >= 11 is 0. The predicted octanol–water partition coefficient (Wildman–Crippen LogP) is 2.53. The normalized spacial score (nSPS) is 15.6. The molecule has 0 bridgehead atoms. The molecule has 0 fully saturated rings. The highest BCUT2D eigenvalue weighted by atomic mass is 19.3. The maximum absolute atomic E-state index is 13.7. The summed E-state index contributed by atoms with van der Waals surface area (Å²) in [5.41, 5.74) is -0.948. The van der Waals surface area contributed by atoms with Gasteiger partial charge in [-0.3, -0.25) is 0 Å². The molecule has 1 aromatic rings. The summed E-state index contributed by atoms with van der Waals surface area (Å²) in [5.74, 6) is -2.91. The summed E-state index contributed by atoms with van der Waals surface area (Å²) in [4.78, 5) is 0. The first kappa shape index (κ1) is 14.1. The number of aliphatic hydroxyl groups is 1. The van der Waals surface area contributed by atoms with Crippen LogP contribution < -0.4 is 5.32 Å². The molecule has 0 amide bonds. The van der Waals surface area contributed by atoms with Crippen LogP contribution in [0.3, 0.4) is 0 Å². The molecule has 2 N–H and O–H groups in total. The molecule has 1 unspecified atom stereocenters. The third-order valence-corrected chi connectivity index (χ3v) is 2.81. The lowest BCUT2D eigenvalue weighted by Gasteiger charge is -2.24. The van der Waals surface area contributed by atoms with Crippen LogP contribution in [-0.2, 0) is 5.92 Å². The van der Waals surface area contributed by atoms with Crippen LogP contribution in [0, 0.1) is 0 Å². The number of hydrogen-bond donors (Lipinski definition) is 2. The largest absolute Gasteiger partial charge is 0.389 e. The molecule has 1 aromatic carbocycles. The minimum atomic E-state index is -2.91. The molecular formula is C13H19F2NO. The maximum Gasteiger partial charge on any atom is 0.285 e. The molecule has 4 heteroatoms. The molecule has 0 aliphatic heterocycles. The van der Waals surface area contributed by atoms with Gasteiger partial charge in [-0.25, -0.2) is 0 Å². The number of alkyl halides is 2. The summed E-state index contributed by atoms with van der Waals surface area (Å²) < 4.78 is 27.4. The molecular weight excluding hydrogens is 224 g/mol. The smallest absolute Gasteiger partial charge is 0.285 e. The van der Waals surface area contributed by atoms with Crippen molar-refractivity contribution < 1.29 is 13.9 Å². The number of rotatable bonds is 6. The molecule has 0 heterocycles. The van der Waals surface area contributed by atoms with Crippen LogP contribution in [0.25, 0.3) is 0 Å². The summed E-state index contributed by atoms with van der Waals surface area (Å²) in [6.07, 6.45) is 0.525. The zero-order chi connectivity index (χ0) is 12.9. The van der Waals surface area contributed by atoms with E-state index < -0.39 is 18.1 Å². The molecule has 96 valence electrons. The Hall–Kier alpha value is -1.00. The maximum atomic E-state index is 13.7. The average Bonchev–Trinajstić information content (AvgIpc) is 2.30. The third-order valence-electron chi connectivity index (χ3n) is 2.81. The van der Waals surface area contributed by atoms with E-state index in [2.05, 4.69) is 5.32 Å². The lowest BCUT2D eigenvalue weighted by Crippen LogP contribution is -2.41.